The second-order valence-electron chi connectivity index (χ2n) is 17.4. The van der Waals surface area contributed by atoms with E-state index < -0.39 is 6.04 Å². The van der Waals surface area contributed by atoms with Gasteiger partial charge in [0.2, 0.25) is 0 Å². The second kappa shape index (κ2) is 8.76. The summed E-state index contributed by atoms with van der Waals surface area (Å²) in [7, 11) is 0. The molecule has 0 N–H and O–H groups in total. The first kappa shape index (κ1) is 29.9. The van der Waals surface area contributed by atoms with Gasteiger partial charge in [0.25, 0.3) is 0 Å². The summed E-state index contributed by atoms with van der Waals surface area (Å²) in [5, 5.41) is 3.46. The molecule has 0 radical (unpaired) electrons. The molecule has 0 bridgehead atoms. The molecule has 3 nitrogen and oxygen atoms in total. The zero-order valence-electron chi connectivity index (χ0n) is 30.7. The molecule has 0 saturated heterocycles. The number of hydrogen-bond acceptors (Lipinski definition) is 4. The van der Waals surface area contributed by atoms with E-state index in [0.29, 0.717) is 0 Å². The van der Waals surface area contributed by atoms with Crippen LogP contribution in [0.5, 0.6) is 23.0 Å². The molecule has 4 heterocycles. The summed E-state index contributed by atoms with van der Waals surface area (Å²) in [4.78, 5) is 2.58. The Morgan fingerprint density at radius 2 is 1.13 bits per heavy atom. The van der Waals surface area contributed by atoms with E-state index >= 15 is 0 Å². The first-order valence-corrected chi connectivity index (χ1v) is 21.3. The largest absolute Gasteiger partial charge is 0.455 e. The van der Waals surface area contributed by atoms with E-state index in [2.05, 4.69) is 145 Å². The van der Waals surface area contributed by atoms with Crippen molar-refractivity contribution in [3.8, 4) is 45.3 Å². The first-order valence-electron chi connectivity index (χ1n) is 18.5. The third kappa shape index (κ3) is 3.01. The molecule has 52 heavy (non-hydrogen) atoms. The quantitative estimate of drug-likeness (QED) is 0.146. The summed E-state index contributed by atoms with van der Waals surface area (Å²) in [6.45, 7) is 18.7. The fourth-order valence-corrected chi connectivity index (χ4v) is 16.2. The van der Waals surface area contributed by atoms with Crippen molar-refractivity contribution in [3.63, 3.8) is 0 Å². The van der Waals surface area contributed by atoms with Crippen molar-refractivity contribution in [1.29, 1.82) is 0 Å². The van der Waals surface area contributed by atoms with Gasteiger partial charge in [0.1, 0.15) is 23.0 Å². The first-order chi connectivity index (χ1) is 24.8. The van der Waals surface area contributed by atoms with Crippen LogP contribution in [-0.4, -0.2) is 0 Å². The van der Waals surface area contributed by atoms with Crippen LogP contribution in [0.25, 0.3) is 22.3 Å². The van der Waals surface area contributed by atoms with Gasteiger partial charge in [-0.2, -0.15) is 0 Å². The molecular formula is C47H38NO2PS. The molecule has 6 aromatic rings. The summed E-state index contributed by atoms with van der Waals surface area (Å²) < 4.78 is 14.7. The zero-order valence-corrected chi connectivity index (χ0v) is 32.4. The molecule has 0 aromatic heterocycles. The smallest absolute Gasteiger partial charge is 0.143 e. The molecule has 1 unspecified atom stereocenters. The van der Waals surface area contributed by atoms with E-state index in [9.17, 15) is 0 Å². The molecule has 5 heteroatoms. The van der Waals surface area contributed by atoms with Crippen molar-refractivity contribution in [3.05, 3.63) is 129 Å². The van der Waals surface area contributed by atoms with Crippen LogP contribution in [0.15, 0.2) is 84.9 Å². The third-order valence-electron chi connectivity index (χ3n) is 13.4. The lowest BCUT2D eigenvalue weighted by Crippen LogP contribution is -2.47. The predicted octanol–water partition coefficient (Wildman–Crippen LogP) is 11.3. The van der Waals surface area contributed by atoms with E-state index in [1.807, 2.05) is 0 Å². The highest BCUT2D eigenvalue weighted by Gasteiger charge is 2.59. The molecule has 0 saturated carbocycles. The van der Waals surface area contributed by atoms with Crippen molar-refractivity contribution in [1.82, 2.24) is 0 Å². The lowest BCUT2D eigenvalue weighted by Gasteiger charge is -2.52. The van der Waals surface area contributed by atoms with Crippen molar-refractivity contribution < 1.29 is 9.47 Å². The maximum atomic E-state index is 7.50. The van der Waals surface area contributed by atoms with Crippen LogP contribution in [0.3, 0.4) is 0 Å². The van der Waals surface area contributed by atoms with Crippen LogP contribution < -0.4 is 30.3 Å². The third-order valence-corrected chi connectivity index (χ3v) is 18.2. The van der Waals surface area contributed by atoms with Gasteiger partial charge in [-0.3, -0.25) is 0 Å². The molecule has 0 spiro atoms. The summed E-state index contributed by atoms with van der Waals surface area (Å²) in [6.07, 6.45) is 0. The molecule has 254 valence electrons. The average molecular weight is 712 g/mol. The number of fused-ring (bicyclic) bond motifs is 12. The number of anilines is 3. The van der Waals surface area contributed by atoms with E-state index in [1.165, 1.54) is 83.2 Å². The van der Waals surface area contributed by atoms with Gasteiger partial charge >= 0.3 is 0 Å². The number of rotatable bonds is 0. The highest BCUT2D eigenvalue weighted by molar-refractivity contribution is 8.26. The van der Waals surface area contributed by atoms with Gasteiger partial charge in [-0.05, 0) is 88.2 Å². The minimum atomic E-state index is -2.75. The monoisotopic (exact) mass is 711 g/mol. The lowest BCUT2D eigenvalue weighted by molar-refractivity contribution is 0.449. The van der Waals surface area contributed by atoms with E-state index in [-0.39, 0.29) is 16.2 Å². The Morgan fingerprint density at radius 1 is 0.538 bits per heavy atom. The number of ether oxygens (including phenoxy) is 2. The van der Waals surface area contributed by atoms with Crippen LogP contribution in [0.4, 0.5) is 17.1 Å². The van der Waals surface area contributed by atoms with Crippen molar-refractivity contribution >= 4 is 50.8 Å². The Balaban J connectivity index is 1.36. The summed E-state index contributed by atoms with van der Waals surface area (Å²) in [5.74, 6) is 3.65. The van der Waals surface area contributed by atoms with Gasteiger partial charge in [-0.15, -0.1) is 0 Å². The van der Waals surface area contributed by atoms with Gasteiger partial charge in [0.15, 0.2) is 0 Å². The number of hydrogen-bond donors (Lipinski definition) is 0. The molecule has 0 fully saturated rings. The Kier molecular flexibility index (Phi) is 5.04. The van der Waals surface area contributed by atoms with Crippen molar-refractivity contribution in [2.75, 3.05) is 4.90 Å². The van der Waals surface area contributed by atoms with Gasteiger partial charge in [0.05, 0.1) is 39.0 Å². The molecule has 6 aliphatic rings. The Bertz CT molecular complexity index is 2820. The molecular weight excluding hydrogens is 674 g/mol. The average Bonchev–Trinajstić information content (AvgIpc) is 3.47. The Hall–Kier alpha value is -4.63. The van der Waals surface area contributed by atoms with Gasteiger partial charge < -0.3 is 14.4 Å². The van der Waals surface area contributed by atoms with Crippen LogP contribution >= 0.6 is 6.04 Å². The minimum absolute atomic E-state index is 0.268. The minimum Gasteiger partial charge on any atom is -0.455 e. The van der Waals surface area contributed by atoms with E-state index in [1.54, 1.807) is 0 Å². The fraction of sp³-hybridized carbons (Fsp3) is 0.234. The summed E-state index contributed by atoms with van der Waals surface area (Å²) in [5.41, 5.74) is 18.1. The topological polar surface area (TPSA) is 21.7 Å². The van der Waals surface area contributed by atoms with Crippen LogP contribution in [0.2, 0.25) is 0 Å². The maximum Gasteiger partial charge on any atom is 0.143 e. The molecule has 4 aliphatic heterocycles. The van der Waals surface area contributed by atoms with Gasteiger partial charge in [-0.1, -0.05) is 120 Å². The van der Waals surface area contributed by atoms with Gasteiger partial charge in [-0.25, -0.2) is 0 Å². The Labute approximate surface area is 310 Å². The van der Waals surface area contributed by atoms with Crippen LogP contribution in [0.1, 0.15) is 86.1 Å². The van der Waals surface area contributed by atoms with E-state index in [0.717, 1.165) is 39.6 Å². The predicted molar refractivity (Wildman–Crippen MR) is 218 cm³/mol. The zero-order chi connectivity index (χ0) is 35.6. The molecule has 12 rings (SSSR count). The summed E-state index contributed by atoms with van der Waals surface area (Å²) in [6, 6.07) is 29.1. The maximum absolute atomic E-state index is 7.50. The molecule has 1 atom stereocenters. The summed E-state index contributed by atoms with van der Waals surface area (Å²) >= 11 is 7.50. The number of benzene rings is 6. The lowest BCUT2D eigenvalue weighted by atomic mass is 9.69. The highest BCUT2D eigenvalue weighted by atomic mass is 32.4. The van der Waals surface area contributed by atoms with Crippen molar-refractivity contribution in [2.45, 2.75) is 71.6 Å². The van der Waals surface area contributed by atoms with Crippen molar-refractivity contribution in [2.24, 2.45) is 0 Å². The van der Waals surface area contributed by atoms with Gasteiger partial charge in [0, 0.05) is 27.4 Å². The molecule has 2 aliphatic carbocycles. The SMILES string of the molecule is Cc1cc2c3c(c1)Oc1c4c(c5c6c1P3(=S)c1c(cc3c(c1O2)C(C)(C)c1ccccc1-3)N6c1ccc(C)cc1C5(C)C)-c1ccccc1C4(C)C. The Morgan fingerprint density at radius 3 is 1.85 bits per heavy atom. The van der Waals surface area contributed by atoms with Crippen LogP contribution in [0, 0.1) is 13.8 Å². The number of nitrogens with zero attached hydrogens (tertiary/aromatic N) is 1. The normalized spacial score (nSPS) is 20.8. The second-order valence-corrected chi connectivity index (χ2v) is 21.6. The van der Waals surface area contributed by atoms with E-state index in [4.69, 9.17) is 21.3 Å². The highest BCUT2D eigenvalue weighted by Crippen LogP contribution is 2.73. The number of aryl methyl sites for hydroxylation is 2. The fourth-order valence-electron chi connectivity index (χ4n) is 11.2. The standard InChI is InChI=1S/C47H38NO2PS/c1-23-17-18-31-30(19-23)47(7,8)37-35-26-14-10-12-16-29(26)46(5,6)38(35)41-44-39(37)48(31)32-22-27-25-13-9-11-15-28(25)45(3,4)36(27)40-42(32)51(44,52)43-33(49-40)20-24(2)21-34(43)50-41/h9-22H,1-8H3. The molecule has 0 amide bonds. The molecule has 6 aromatic carbocycles. The van der Waals surface area contributed by atoms with Crippen LogP contribution in [-0.2, 0) is 28.1 Å².